The standard InChI is InChI=1S/C15H12O4/c1-3-9-6-13(17)19-15-8(2)14-11(7-10(9)15)12(16)4-5-18-14/h4-7H,3H2,1-2H3. The minimum absolute atomic E-state index is 0.0977. The lowest BCUT2D eigenvalue weighted by Gasteiger charge is -2.07. The summed E-state index contributed by atoms with van der Waals surface area (Å²) < 4.78 is 10.6. The van der Waals surface area contributed by atoms with Crippen molar-refractivity contribution in [1.29, 1.82) is 0 Å². The first-order valence-electron chi connectivity index (χ1n) is 6.09. The quantitative estimate of drug-likeness (QED) is 0.496. The summed E-state index contributed by atoms with van der Waals surface area (Å²) in [4.78, 5) is 23.4. The van der Waals surface area contributed by atoms with E-state index >= 15 is 0 Å². The topological polar surface area (TPSA) is 60.4 Å². The molecule has 0 fully saturated rings. The van der Waals surface area contributed by atoms with Crippen molar-refractivity contribution in [3.05, 3.63) is 56.2 Å². The maximum Gasteiger partial charge on any atom is 0.336 e. The van der Waals surface area contributed by atoms with Crippen molar-refractivity contribution in [3.63, 3.8) is 0 Å². The predicted octanol–water partition coefficient (Wildman–Crippen LogP) is 2.77. The average molecular weight is 256 g/mol. The summed E-state index contributed by atoms with van der Waals surface area (Å²) in [7, 11) is 0. The lowest BCUT2D eigenvalue weighted by Crippen LogP contribution is -2.04. The molecule has 0 aliphatic rings. The van der Waals surface area contributed by atoms with Crippen LogP contribution in [-0.4, -0.2) is 0 Å². The van der Waals surface area contributed by atoms with Crippen molar-refractivity contribution < 1.29 is 8.83 Å². The normalized spacial score (nSPS) is 11.3. The highest BCUT2D eigenvalue weighted by molar-refractivity contribution is 5.97. The first-order chi connectivity index (χ1) is 9.11. The molecule has 0 radical (unpaired) electrons. The Morgan fingerprint density at radius 3 is 2.63 bits per heavy atom. The molecule has 4 heteroatoms. The number of benzene rings is 1. The summed E-state index contributed by atoms with van der Waals surface area (Å²) in [5.41, 5.74) is 2.03. The van der Waals surface area contributed by atoms with Crippen molar-refractivity contribution >= 4 is 21.9 Å². The zero-order valence-corrected chi connectivity index (χ0v) is 10.6. The van der Waals surface area contributed by atoms with Crippen LogP contribution < -0.4 is 11.1 Å². The van der Waals surface area contributed by atoms with E-state index in [9.17, 15) is 9.59 Å². The molecular weight excluding hydrogens is 244 g/mol. The zero-order chi connectivity index (χ0) is 13.6. The van der Waals surface area contributed by atoms with Gasteiger partial charge in [-0.2, -0.15) is 0 Å². The second-order valence-corrected chi connectivity index (χ2v) is 4.48. The van der Waals surface area contributed by atoms with Crippen LogP contribution in [0, 0.1) is 6.92 Å². The van der Waals surface area contributed by atoms with Crippen LogP contribution >= 0.6 is 0 Å². The maximum absolute atomic E-state index is 11.9. The SMILES string of the molecule is CCc1cc(=O)oc2c(C)c3occc(=O)c3cc12. The molecule has 0 atom stereocenters. The van der Waals surface area contributed by atoms with E-state index in [2.05, 4.69) is 0 Å². The van der Waals surface area contributed by atoms with E-state index in [1.54, 1.807) is 13.0 Å². The number of rotatable bonds is 1. The number of aryl methyl sites for hydroxylation is 2. The van der Waals surface area contributed by atoms with Crippen LogP contribution in [0.15, 0.2) is 42.9 Å². The molecule has 0 aliphatic carbocycles. The van der Waals surface area contributed by atoms with Gasteiger partial charge < -0.3 is 8.83 Å². The van der Waals surface area contributed by atoms with Crippen molar-refractivity contribution in [2.24, 2.45) is 0 Å². The fourth-order valence-corrected chi connectivity index (χ4v) is 2.38. The van der Waals surface area contributed by atoms with Crippen molar-refractivity contribution in [3.8, 4) is 0 Å². The lowest BCUT2D eigenvalue weighted by atomic mass is 10.0. The van der Waals surface area contributed by atoms with Crippen LogP contribution in [0.4, 0.5) is 0 Å². The third kappa shape index (κ3) is 1.68. The second-order valence-electron chi connectivity index (χ2n) is 4.48. The van der Waals surface area contributed by atoms with E-state index in [0.29, 0.717) is 28.5 Å². The maximum atomic E-state index is 11.9. The molecule has 0 spiro atoms. The lowest BCUT2D eigenvalue weighted by molar-refractivity contribution is 0.553. The molecule has 4 nitrogen and oxygen atoms in total. The van der Waals surface area contributed by atoms with Gasteiger partial charge in [-0.05, 0) is 25.0 Å². The van der Waals surface area contributed by atoms with Crippen LogP contribution in [0.5, 0.6) is 0 Å². The van der Waals surface area contributed by atoms with Gasteiger partial charge in [-0.25, -0.2) is 4.79 Å². The Bertz CT molecular complexity index is 900. The average Bonchev–Trinajstić information content (AvgIpc) is 2.40. The summed E-state index contributed by atoms with van der Waals surface area (Å²) in [6.07, 6.45) is 2.05. The first kappa shape index (κ1) is 11.7. The molecule has 0 amide bonds. The number of hydrogen-bond donors (Lipinski definition) is 0. The monoisotopic (exact) mass is 256 g/mol. The van der Waals surface area contributed by atoms with Crippen LogP contribution in [0.2, 0.25) is 0 Å². The smallest absolute Gasteiger partial charge is 0.336 e. The molecule has 1 aromatic carbocycles. The van der Waals surface area contributed by atoms with Crippen LogP contribution in [0.3, 0.4) is 0 Å². The largest absolute Gasteiger partial charge is 0.464 e. The Morgan fingerprint density at radius 2 is 1.89 bits per heavy atom. The molecule has 3 rings (SSSR count). The van der Waals surface area contributed by atoms with E-state index in [-0.39, 0.29) is 11.1 Å². The van der Waals surface area contributed by atoms with Crippen molar-refractivity contribution in [2.45, 2.75) is 20.3 Å². The molecule has 0 N–H and O–H groups in total. The van der Waals surface area contributed by atoms with E-state index in [1.807, 2.05) is 6.92 Å². The predicted molar refractivity (Wildman–Crippen MR) is 72.6 cm³/mol. The fraction of sp³-hybridized carbons (Fsp3) is 0.200. The van der Waals surface area contributed by atoms with Gasteiger partial charge in [0.25, 0.3) is 0 Å². The van der Waals surface area contributed by atoms with Crippen molar-refractivity contribution in [2.75, 3.05) is 0 Å². The minimum Gasteiger partial charge on any atom is -0.464 e. The van der Waals surface area contributed by atoms with Crippen LogP contribution in [0.25, 0.3) is 21.9 Å². The van der Waals surface area contributed by atoms with Crippen LogP contribution in [-0.2, 0) is 6.42 Å². The van der Waals surface area contributed by atoms with Gasteiger partial charge >= 0.3 is 5.63 Å². The highest BCUT2D eigenvalue weighted by Gasteiger charge is 2.13. The number of hydrogen-bond acceptors (Lipinski definition) is 4. The van der Waals surface area contributed by atoms with Gasteiger partial charge in [0.05, 0.1) is 11.6 Å². The van der Waals surface area contributed by atoms with Gasteiger partial charge in [-0.1, -0.05) is 6.92 Å². The third-order valence-corrected chi connectivity index (χ3v) is 3.35. The zero-order valence-electron chi connectivity index (χ0n) is 10.6. The third-order valence-electron chi connectivity index (χ3n) is 3.35. The summed E-state index contributed by atoms with van der Waals surface area (Å²) in [5.74, 6) is 0. The van der Waals surface area contributed by atoms with E-state index < -0.39 is 0 Å². The molecule has 0 saturated heterocycles. The van der Waals surface area contributed by atoms with E-state index in [4.69, 9.17) is 8.83 Å². The molecular formula is C15H12O4. The highest BCUT2D eigenvalue weighted by atomic mass is 16.4. The Hall–Kier alpha value is -2.36. The first-order valence-corrected chi connectivity index (χ1v) is 6.09. The summed E-state index contributed by atoms with van der Waals surface area (Å²) in [5, 5.41) is 1.31. The Morgan fingerprint density at radius 1 is 1.11 bits per heavy atom. The van der Waals surface area contributed by atoms with Gasteiger partial charge in [-0.3, -0.25) is 4.79 Å². The van der Waals surface area contributed by atoms with E-state index in [0.717, 1.165) is 10.9 Å². The molecule has 2 heterocycles. The summed E-state index contributed by atoms with van der Waals surface area (Å²) in [6, 6.07) is 4.60. The van der Waals surface area contributed by atoms with Gasteiger partial charge in [-0.15, -0.1) is 0 Å². The molecule has 19 heavy (non-hydrogen) atoms. The molecule has 0 unspecified atom stereocenters. The minimum atomic E-state index is -0.384. The van der Waals surface area contributed by atoms with Gasteiger partial charge in [0.2, 0.25) is 0 Å². The summed E-state index contributed by atoms with van der Waals surface area (Å²) >= 11 is 0. The Labute approximate surface area is 108 Å². The fourth-order valence-electron chi connectivity index (χ4n) is 2.38. The molecule has 2 aromatic heterocycles. The second kappa shape index (κ2) is 4.09. The Kier molecular flexibility index (Phi) is 2.52. The van der Waals surface area contributed by atoms with Gasteiger partial charge in [0.1, 0.15) is 11.2 Å². The number of fused-ring (bicyclic) bond motifs is 2. The molecule has 0 bridgehead atoms. The van der Waals surface area contributed by atoms with E-state index in [1.165, 1.54) is 18.4 Å². The Balaban J connectivity index is 2.65. The van der Waals surface area contributed by atoms with Crippen molar-refractivity contribution in [1.82, 2.24) is 0 Å². The molecule has 0 aliphatic heterocycles. The molecule has 96 valence electrons. The molecule has 0 saturated carbocycles. The van der Waals surface area contributed by atoms with Gasteiger partial charge in [0.15, 0.2) is 5.43 Å². The molecule has 3 aromatic rings. The summed E-state index contributed by atoms with van der Waals surface area (Å²) in [6.45, 7) is 3.75. The highest BCUT2D eigenvalue weighted by Crippen LogP contribution is 2.27. The van der Waals surface area contributed by atoms with Crippen LogP contribution in [0.1, 0.15) is 18.1 Å². The van der Waals surface area contributed by atoms with Gasteiger partial charge in [0, 0.05) is 23.1 Å².